The first kappa shape index (κ1) is 18.4. The highest BCUT2D eigenvalue weighted by Gasteiger charge is 2.23. The fraction of sp³-hybridized carbons (Fsp3) is 0.529. The third kappa shape index (κ3) is 5.06. The molecule has 0 spiro atoms. The van der Waals surface area contributed by atoms with E-state index in [1.807, 2.05) is 11.8 Å². The van der Waals surface area contributed by atoms with E-state index in [4.69, 9.17) is 15.2 Å². The maximum Gasteiger partial charge on any atom is 0.255 e. The van der Waals surface area contributed by atoms with E-state index in [0.29, 0.717) is 22.3 Å². The zero-order valence-electron chi connectivity index (χ0n) is 14.0. The minimum Gasteiger partial charge on any atom is -0.493 e. The van der Waals surface area contributed by atoms with E-state index in [1.165, 1.54) is 13.5 Å². The van der Waals surface area contributed by atoms with E-state index in [-0.39, 0.29) is 18.6 Å². The molecule has 24 heavy (non-hydrogen) atoms. The zero-order valence-corrected chi connectivity index (χ0v) is 14.9. The fourth-order valence-electron chi connectivity index (χ4n) is 2.84. The monoisotopic (exact) mass is 352 g/mol. The first-order chi connectivity index (χ1) is 11.5. The summed E-state index contributed by atoms with van der Waals surface area (Å²) in [5.41, 5.74) is 5.57. The number of carbonyl (C=O) groups is 2. The van der Waals surface area contributed by atoms with Crippen LogP contribution in [0.5, 0.6) is 11.5 Å². The number of methoxy groups -OCH3 is 1. The lowest BCUT2D eigenvalue weighted by atomic mass is 9.94. The second kappa shape index (κ2) is 8.82. The third-order valence-corrected chi connectivity index (χ3v) is 5.19. The Morgan fingerprint density at radius 2 is 2.12 bits per heavy atom. The van der Waals surface area contributed by atoms with Crippen LogP contribution in [0.2, 0.25) is 0 Å². The maximum absolute atomic E-state index is 12.5. The molecule has 1 saturated carbocycles. The fourth-order valence-corrected chi connectivity index (χ4v) is 3.66. The second-order valence-corrected chi connectivity index (χ2v) is 6.95. The van der Waals surface area contributed by atoms with Crippen LogP contribution < -0.4 is 20.5 Å². The summed E-state index contributed by atoms with van der Waals surface area (Å²) in [6.45, 7) is -0.236. The molecule has 1 aliphatic carbocycles. The van der Waals surface area contributed by atoms with Gasteiger partial charge in [0.15, 0.2) is 18.1 Å². The molecule has 7 heteroatoms. The van der Waals surface area contributed by atoms with Gasteiger partial charge in [0, 0.05) is 16.9 Å². The molecule has 0 aromatic heterocycles. The van der Waals surface area contributed by atoms with Gasteiger partial charge in [-0.1, -0.05) is 6.42 Å². The molecule has 1 aromatic carbocycles. The Morgan fingerprint density at radius 3 is 2.79 bits per heavy atom. The third-order valence-electron chi connectivity index (χ3n) is 4.09. The Morgan fingerprint density at radius 1 is 1.33 bits per heavy atom. The first-order valence-corrected chi connectivity index (χ1v) is 9.25. The summed E-state index contributed by atoms with van der Waals surface area (Å²) >= 11 is 1.86. The number of nitrogens with one attached hydrogen (secondary N) is 1. The molecule has 0 heterocycles. The lowest BCUT2D eigenvalue weighted by Crippen LogP contribution is -2.39. The van der Waals surface area contributed by atoms with Crippen molar-refractivity contribution < 1.29 is 19.1 Å². The van der Waals surface area contributed by atoms with Gasteiger partial charge < -0.3 is 20.5 Å². The minimum absolute atomic E-state index is 0.124. The summed E-state index contributed by atoms with van der Waals surface area (Å²) in [4.78, 5) is 23.3. The second-order valence-electron chi connectivity index (χ2n) is 5.82. The lowest BCUT2D eigenvalue weighted by molar-refractivity contribution is -0.119. The van der Waals surface area contributed by atoms with Gasteiger partial charge >= 0.3 is 0 Å². The molecule has 2 amide bonds. The van der Waals surface area contributed by atoms with E-state index in [1.54, 1.807) is 18.2 Å². The highest BCUT2D eigenvalue weighted by Crippen LogP contribution is 2.29. The van der Waals surface area contributed by atoms with E-state index in [9.17, 15) is 9.59 Å². The summed E-state index contributed by atoms with van der Waals surface area (Å²) in [5.74, 6) is 0.0866. The van der Waals surface area contributed by atoms with Crippen LogP contribution in [0.1, 0.15) is 36.0 Å². The lowest BCUT2D eigenvalue weighted by Gasteiger charge is -2.28. The van der Waals surface area contributed by atoms with E-state index < -0.39 is 5.91 Å². The number of amides is 2. The number of nitrogens with two attached hydrogens (primary N) is 1. The van der Waals surface area contributed by atoms with Gasteiger partial charge in [0.25, 0.3) is 11.8 Å². The minimum atomic E-state index is -0.570. The molecule has 0 aliphatic heterocycles. The summed E-state index contributed by atoms with van der Waals surface area (Å²) in [7, 11) is 1.48. The predicted molar refractivity (Wildman–Crippen MR) is 94.7 cm³/mol. The van der Waals surface area contributed by atoms with Crippen LogP contribution in [0.4, 0.5) is 0 Å². The van der Waals surface area contributed by atoms with E-state index in [0.717, 1.165) is 19.3 Å². The number of hydrogen-bond acceptors (Lipinski definition) is 5. The molecule has 2 rings (SSSR count). The molecule has 2 atom stereocenters. The topological polar surface area (TPSA) is 90.7 Å². The van der Waals surface area contributed by atoms with Crippen LogP contribution in [0.3, 0.4) is 0 Å². The average Bonchev–Trinajstić information content (AvgIpc) is 2.59. The number of carbonyl (C=O) groups excluding carboxylic acids is 2. The van der Waals surface area contributed by atoms with Gasteiger partial charge in [-0.25, -0.2) is 0 Å². The Labute approximate surface area is 146 Å². The summed E-state index contributed by atoms with van der Waals surface area (Å²) < 4.78 is 10.5. The van der Waals surface area contributed by atoms with Crippen molar-refractivity contribution in [2.75, 3.05) is 20.0 Å². The average molecular weight is 352 g/mol. The molecule has 1 aliphatic rings. The Hall–Kier alpha value is -1.89. The SMILES string of the molecule is COc1cc(C(=O)NC2CCCC(SC)C2)ccc1OCC(N)=O. The van der Waals surface area contributed by atoms with Gasteiger partial charge in [0.05, 0.1) is 7.11 Å². The van der Waals surface area contributed by atoms with Crippen LogP contribution in [-0.2, 0) is 4.79 Å². The van der Waals surface area contributed by atoms with Crippen molar-refractivity contribution >= 4 is 23.6 Å². The number of rotatable bonds is 7. The maximum atomic E-state index is 12.5. The van der Waals surface area contributed by atoms with Gasteiger partial charge in [0.1, 0.15) is 0 Å². The smallest absolute Gasteiger partial charge is 0.255 e. The van der Waals surface area contributed by atoms with Crippen molar-refractivity contribution in [1.29, 1.82) is 0 Å². The van der Waals surface area contributed by atoms with Crippen molar-refractivity contribution in [2.24, 2.45) is 5.73 Å². The molecule has 0 radical (unpaired) electrons. The molecule has 132 valence electrons. The summed E-state index contributed by atoms with van der Waals surface area (Å²) in [6, 6.07) is 5.09. The normalized spacial score (nSPS) is 20.2. The van der Waals surface area contributed by atoms with Gasteiger partial charge in [0.2, 0.25) is 0 Å². The highest BCUT2D eigenvalue weighted by molar-refractivity contribution is 7.99. The van der Waals surface area contributed by atoms with Crippen molar-refractivity contribution in [3.63, 3.8) is 0 Å². The molecule has 0 bridgehead atoms. The van der Waals surface area contributed by atoms with Crippen LogP contribution in [0.25, 0.3) is 0 Å². The van der Waals surface area contributed by atoms with Crippen molar-refractivity contribution in [2.45, 2.75) is 37.0 Å². The van der Waals surface area contributed by atoms with Gasteiger partial charge in [-0.2, -0.15) is 11.8 Å². The summed E-state index contributed by atoms with van der Waals surface area (Å²) in [6.07, 6.45) is 6.49. The zero-order chi connectivity index (χ0) is 17.5. The van der Waals surface area contributed by atoms with E-state index in [2.05, 4.69) is 11.6 Å². The van der Waals surface area contributed by atoms with Gasteiger partial charge in [-0.15, -0.1) is 0 Å². The Kier molecular flexibility index (Phi) is 6.78. The van der Waals surface area contributed by atoms with Crippen molar-refractivity contribution in [3.8, 4) is 11.5 Å². The molecule has 1 aromatic rings. The predicted octanol–water partition coefficient (Wildman–Crippen LogP) is 1.96. The first-order valence-electron chi connectivity index (χ1n) is 7.96. The standard InChI is InChI=1S/C17H24N2O4S/c1-22-15-8-11(6-7-14(15)23-10-16(18)20)17(21)19-12-4-3-5-13(9-12)24-2/h6-8,12-13H,3-5,9-10H2,1-2H3,(H2,18,20)(H,19,21). The van der Waals surface area contributed by atoms with Gasteiger partial charge in [-0.05, 0) is 43.7 Å². The van der Waals surface area contributed by atoms with Crippen LogP contribution >= 0.6 is 11.8 Å². The number of benzene rings is 1. The molecule has 0 saturated heterocycles. The largest absolute Gasteiger partial charge is 0.493 e. The molecule has 6 nitrogen and oxygen atoms in total. The highest BCUT2D eigenvalue weighted by atomic mass is 32.2. The Bertz CT molecular complexity index is 594. The van der Waals surface area contributed by atoms with Crippen molar-refractivity contribution in [1.82, 2.24) is 5.32 Å². The van der Waals surface area contributed by atoms with E-state index >= 15 is 0 Å². The number of ether oxygens (including phenoxy) is 2. The van der Waals surface area contributed by atoms with Crippen LogP contribution in [0, 0.1) is 0 Å². The van der Waals surface area contributed by atoms with Gasteiger partial charge in [-0.3, -0.25) is 9.59 Å². The quantitative estimate of drug-likeness (QED) is 0.783. The molecular weight excluding hydrogens is 328 g/mol. The molecule has 3 N–H and O–H groups in total. The van der Waals surface area contributed by atoms with Crippen molar-refractivity contribution in [3.05, 3.63) is 23.8 Å². The molecule has 2 unspecified atom stereocenters. The Balaban J connectivity index is 2.02. The summed E-state index contributed by atoms with van der Waals surface area (Å²) in [5, 5.41) is 3.71. The molecular formula is C17H24N2O4S. The van der Waals surface area contributed by atoms with Crippen LogP contribution in [0.15, 0.2) is 18.2 Å². The molecule has 1 fully saturated rings. The number of hydrogen-bond donors (Lipinski definition) is 2. The number of thioether (sulfide) groups is 1. The number of primary amides is 1. The van der Waals surface area contributed by atoms with Crippen LogP contribution in [-0.4, -0.2) is 43.1 Å².